The van der Waals surface area contributed by atoms with Gasteiger partial charge in [-0.15, -0.1) is 0 Å². The fourth-order valence-electron chi connectivity index (χ4n) is 4.24. The second-order valence-electron chi connectivity index (χ2n) is 8.59. The maximum atomic E-state index is 12.5. The number of hydrogen-bond donors (Lipinski definition) is 2. The molecule has 3 heterocycles. The van der Waals surface area contributed by atoms with E-state index in [9.17, 15) is 13.5 Å². The monoisotopic (exact) mass is 482 g/mol. The number of benzene rings is 2. The number of rotatable bonds is 6. The topological polar surface area (TPSA) is 111 Å². The second kappa shape index (κ2) is 8.35. The summed E-state index contributed by atoms with van der Waals surface area (Å²) >= 11 is 0. The second-order valence-corrected chi connectivity index (χ2v) is 10.9. The molecule has 8 nitrogen and oxygen atoms in total. The van der Waals surface area contributed by atoms with E-state index in [0.29, 0.717) is 16.3 Å². The Labute approximate surface area is 197 Å². The molecule has 5 rings (SSSR count). The lowest BCUT2D eigenvalue weighted by Crippen LogP contribution is -2.27. The summed E-state index contributed by atoms with van der Waals surface area (Å²) < 4.78 is 41.7. The van der Waals surface area contributed by atoms with Gasteiger partial charge in [0.2, 0.25) is 0 Å². The summed E-state index contributed by atoms with van der Waals surface area (Å²) in [7, 11) is -3.34. The zero-order chi connectivity index (χ0) is 24.1. The summed E-state index contributed by atoms with van der Waals surface area (Å²) in [5.74, 6) is -0.976. The lowest BCUT2D eigenvalue weighted by molar-refractivity contribution is -0.299. The number of pyridine rings is 1. The van der Waals surface area contributed by atoms with Crippen LogP contribution in [0, 0.1) is 6.92 Å². The first-order valence-electron chi connectivity index (χ1n) is 11.1. The predicted molar refractivity (Wildman–Crippen MR) is 128 cm³/mol. The fraction of sp³-hybridized carbons (Fsp3) is 0.320. The van der Waals surface area contributed by atoms with Crippen LogP contribution >= 0.6 is 0 Å². The third-order valence-electron chi connectivity index (χ3n) is 5.94. The van der Waals surface area contributed by atoms with E-state index in [-0.39, 0.29) is 19.0 Å². The highest BCUT2D eigenvalue weighted by molar-refractivity contribution is 7.91. The van der Waals surface area contributed by atoms with E-state index in [0.717, 1.165) is 33.0 Å². The lowest BCUT2D eigenvalue weighted by atomic mass is 9.99. The molecule has 0 aliphatic carbocycles. The summed E-state index contributed by atoms with van der Waals surface area (Å²) in [6.07, 6.45) is 1.38. The molecular formula is C25H26N2O6S. The van der Waals surface area contributed by atoms with Crippen molar-refractivity contribution >= 4 is 31.8 Å². The van der Waals surface area contributed by atoms with Crippen LogP contribution in [0.5, 0.6) is 5.75 Å². The number of nitrogens with one attached hydrogen (secondary N) is 1. The number of aromatic amines is 1. The van der Waals surface area contributed by atoms with Crippen molar-refractivity contribution in [3.63, 3.8) is 0 Å². The first-order chi connectivity index (χ1) is 16.2. The molecule has 0 spiro atoms. The van der Waals surface area contributed by atoms with Crippen molar-refractivity contribution in [1.29, 1.82) is 0 Å². The number of fused-ring (bicyclic) bond motifs is 3. The molecule has 9 heteroatoms. The maximum Gasteiger partial charge on any atom is 0.277 e. The van der Waals surface area contributed by atoms with Gasteiger partial charge in [-0.25, -0.2) is 13.4 Å². The van der Waals surface area contributed by atoms with Crippen LogP contribution in [0.25, 0.3) is 33.1 Å². The Morgan fingerprint density at radius 1 is 1.26 bits per heavy atom. The smallest absolute Gasteiger partial charge is 0.277 e. The van der Waals surface area contributed by atoms with Gasteiger partial charge >= 0.3 is 0 Å². The predicted octanol–water partition coefficient (Wildman–Crippen LogP) is 3.95. The first-order valence-corrected chi connectivity index (χ1v) is 12.7. The van der Waals surface area contributed by atoms with Gasteiger partial charge < -0.3 is 24.3 Å². The van der Waals surface area contributed by atoms with Crippen molar-refractivity contribution < 1.29 is 27.7 Å². The SMILES string of the molecule is CCS(=O)(=O)c1cccc(-c2ccc(OC[C@@H]3COC(C)(O)O3)c3[nH]c4ncc(C)cc4c23)c1. The standard InChI is InChI=1S/C25H26N2O6S/c1-4-34(29,30)18-7-5-6-16(11-18)19-8-9-21(31-13-17-14-32-25(3,28)33-17)23-22(19)20-10-15(2)12-26-24(20)27-23/h5-12,17,28H,4,13-14H2,1-3H3,(H,26,27)/t17-,25?/m1/s1. The number of ether oxygens (including phenoxy) is 3. The molecule has 0 saturated carbocycles. The van der Waals surface area contributed by atoms with E-state index in [1.54, 1.807) is 31.3 Å². The average molecular weight is 483 g/mol. The van der Waals surface area contributed by atoms with Crippen molar-refractivity contribution in [1.82, 2.24) is 9.97 Å². The highest BCUT2D eigenvalue weighted by atomic mass is 32.2. The van der Waals surface area contributed by atoms with E-state index in [2.05, 4.69) is 9.97 Å². The molecule has 178 valence electrons. The van der Waals surface area contributed by atoms with Gasteiger partial charge in [-0.05, 0) is 53.9 Å². The summed E-state index contributed by atoms with van der Waals surface area (Å²) in [5, 5.41) is 11.7. The molecule has 1 aliphatic heterocycles. The van der Waals surface area contributed by atoms with E-state index < -0.39 is 21.9 Å². The van der Waals surface area contributed by atoms with Gasteiger partial charge in [0.05, 0.1) is 22.8 Å². The van der Waals surface area contributed by atoms with Gasteiger partial charge in [0.25, 0.3) is 5.97 Å². The third-order valence-corrected chi connectivity index (χ3v) is 7.67. The van der Waals surface area contributed by atoms with Crippen LogP contribution in [0.2, 0.25) is 0 Å². The minimum atomic E-state index is -3.34. The van der Waals surface area contributed by atoms with Gasteiger partial charge in [-0.2, -0.15) is 0 Å². The largest absolute Gasteiger partial charge is 0.489 e. The lowest BCUT2D eigenvalue weighted by Gasteiger charge is -2.16. The Kier molecular flexibility index (Phi) is 5.60. The van der Waals surface area contributed by atoms with E-state index in [4.69, 9.17) is 14.2 Å². The van der Waals surface area contributed by atoms with Crippen LogP contribution < -0.4 is 4.74 Å². The van der Waals surface area contributed by atoms with Crippen molar-refractivity contribution in [2.45, 2.75) is 37.7 Å². The Balaban J connectivity index is 1.63. The summed E-state index contributed by atoms with van der Waals surface area (Å²) in [6.45, 7) is 5.47. The van der Waals surface area contributed by atoms with Crippen molar-refractivity contribution in [3.8, 4) is 16.9 Å². The highest BCUT2D eigenvalue weighted by Gasteiger charge is 2.35. The molecule has 2 aromatic carbocycles. The molecule has 2 aromatic heterocycles. The number of H-pyrrole nitrogens is 1. The summed E-state index contributed by atoms with van der Waals surface area (Å²) in [5.41, 5.74) is 4.12. The quantitative estimate of drug-likeness (QED) is 0.428. The number of aliphatic hydroxyl groups is 1. The zero-order valence-electron chi connectivity index (χ0n) is 19.2. The fourth-order valence-corrected chi connectivity index (χ4v) is 5.17. The highest BCUT2D eigenvalue weighted by Crippen LogP contribution is 2.39. The van der Waals surface area contributed by atoms with E-state index in [1.165, 1.54) is 6.92 Å². The summed E-state index contributed by atoms with van der Waals surface area (Å²) in [4.78, 5) is 8.18. The molecule has 1 aliphatic rings. The molecule has 0 bridgehead atoms. The Hall–Kier alpha value is -2.98. The van der Waals surface area contributed by atoms with Crippen LogP contribution in [0.15, 0.2) is 53.6 Å². The minimum Gasteiger partial charge on any atom is -0.489 e. The van der Waals surface area contributed by atoms with Gasteiger partial charge in [0.1, 0.15) is 24.1 Å². The number of nitrogens with zero attached hydrogens (tertiary/aromatic N) is 1. The van der Waals surface area contributed by atoms with Gasteiger partial charge in [-0.3, -0.25) is 0 Å². The molecule has 0 amide bonds. The van der Waals surface area contributed by atoms with E-state index in [1.807, 2.05) is 31.2 Å². The van der Waals surface area contributed by atoms with Crippen LogP contribution in [0.4, 0.5) is 0 Å². The van der Waals surface area contributed by atoms with Crippen LogP contribution in [0.1, 0.15) is 19.4 Å². The maximum absolute atomic E-state index is 12.5. The molecule has 2 N–H and O–H groups in total. The molecule has 34 heavy (non-hydrogen) atoms. The number of aromatic nitrogens is 2. The Bertz CT molecular complexity index is 1490. The van der Waals surface area contributed by atoms with Crippen molar-refractivity contribution in [2.75, 3.05) is 19.0 Å². The molecule has 1 saturated heterocycles. The van der Waals surface area contributed by atoms with Crippen LogP contribution in [-0.2, 0) is 19.3 Å². The minimum absolute atomic E-state index is 0.0364. The molecule has 1 unspecified atom stereocenters. The molecule has 4 aromatic rings. The van der Waals surface area contributed by atoms with Crippen LogP contribution in [-0.4, -0.2) is 54.5 Å². The number of sulfone groups is 1. The first kappa shape index (κ1) is 22.8. The molecule has 0 radical (unpaired) electrons. The number of aryl methyl sites for hydroxylation is 1. The molecule has 2 atom stereocenters. The van der Waals surface area contributed by atoms with E-state index >= 15 is 0 Å². The van der Waals surface area contributed by atoms with Crippen molar-refractivity contribution in [2.24, 2.45) is 0 Å². The molecular weight excluding hydrogens is 456 g/mol. The number of hydrogen-bond acceptors (Lipinski definition) is 7. The Morgan fingerprint density at radius 3 is 2.82 bits per heavy atom. The summed E-state index contributed by atoms with van der Waals surface area (Å²) in [6, 6.07) is 12.8. The third kappa shape index (κ3) is 4.16. The normalized spacial score (nSPS) is 20.9. The Morgan fingerprint density at radius 2 is 2.09 bits per heavy atom. The average Bonchev–Trinajstić information content (AvgIpc) is 3.37. The van der Waals surface area contributed by atoms with Crippen molar-refractivity contribution in [3.05, 3.63) is 54.2 Å². The van der Waals surface area contributed by atoms with Gasteiger partial charge in [0.15, 0.2) is 9.84 Å². The molecule has 1 fully saturated rings. The van der Waals surface area contributed by atoms with Gasteiger partial charge in [0, 0.05) is 23.9 Å². The van der Waals surface area contributed by atoms with Gasteiger partial charge in [-0.1, -0.05) is 19.1 Å². The zero-order valence-corrected chi connectivity index (χ0v) is 20.0. The van der Waals surface area contributed by atoms with Crippen LogP contribution in [0.3, 0.4) is 0 Å².